The van der Waals surface area contributed by atoms with Gasteiger partial charge >= 0.3 is 0 Å². The highest BCUT2D eigenvalue weighted by Gasteiger charge is 2.13. The van der Waals surface area contributed by atoms with E-state index >= 15 is 0 Å². The van der Waals surface area contributed by atoms with Crippen LogP contribution in [0.3, 0.4) is 0 Å². The highest BCUT2D eigenvalue weighted by Crippen LogP contribution is 2.23. The van der Waals surface area contributed by atoms with Crippen molar-refractivity contribution >= 4 is 0 Å². The van der Waals surface area contributed by atoms with Crippen LogP contribution in [0.2, 0.25) is 0 Å². The molecule has 0 aliphatic rings. The van der Waals surface area contributed by atoms with Gasteiger partial charge in [-0.15, -0.1) is 0 Å². The molecule has 3 heterocycles. The summed E-state index contributed by atoms with van der Waals surface area (Å²) in [4.78, 5) is 13.4. The van der Waals surface area contributed by atoms with Gasteiger partial charge in [0.1, 0.15) is 23.6 Å². The van der Waals surface area contributed by atoms with Gasteiger partial charge in [0, 0.05) is 31.0 Å². The standard InChI is InChI=1S/C19H20N6O/c1-14-21-15(2)25(23-14)11-6-10-24-12-9-20-18(24)17-13-26-19(22-17)16-7-4-3-5-8-16/h3-5,7-9,12-13H,6,10-11H2,1-2H3. The van der Waals surface area contributed by atoms with E-state index in [2.05, 4.69) is 24.6 Å². The molecule has 0 N–H and O–H groups in total. The summed E-state index contributed by atoms with van der Waals surface area (Å²) in [6.45, 7) is 5.52. The summed E-state index contributed by atoms with van der Waals surface area (Å²) in [7, 11) is 0. The van der Waals surface area contributed by atoms with E-state index in [1.807, 2.05) is 55.1 Å². The van der Waals surface area contributed by atoms with Crippen molar-refractivity contribution in [3.63, 3.8) is 0 Å². The summed E-state index contributed by atoms with van der Waals surface area (Å²) < 4.78 is 9.66. The number of aryl methyl sites for hydroxylation is 4. The van der Waals surface area contributed by atoms with Gasteiger partial charge in [-0.25, -0.2) is 15.0 Å². The maximum Gasteiger partial charge on any atom is 0.226 e. The van der Waals surface area contributed by atoms with Gasteiger partial charge in [0.05, 0.1) is 0 Å². The predicted octanol–water partition coefficient (Wildman–Crippen LogP) is 3.50. The molecule has 7 nitrogen and oxygen atoms in total. The van der Waals surface area contributed by atoms with Crippen LogP contribution < -0.4 is 0 Å². The van der Waals surface area contributed by atoms with Crippen LogP contribution >= 0.6 is 0 Å². The Kier molecular flexibility index (Phi) is 4.35. The lowest BCUT2D eigenvalue weighted by Gasteiger charge is -2.06. The van der Waals surface area contributed by atoms with Gasteiger partial charge in [-0.05, 0) is 32.4 Å². The van der Waals surface area contributed by atoms with Crippen LogP contribution in [0.5, 0.6) is 0 Å². The maximum atomic E-state index is 5.63. The van der Waals surface area contributed by atoms with Crippen LogP contribution in [-0.4, -0.2) is 29.3 Å². The van der Waals surface area contributed by atoms with Crippen LogP contribution in [0.25, 0.3) is 23.0 Å². The topological polar surface area (TPSA) is 74.6 Å². The molecule has 0 atom stereocenters. The number of aromatic nitrogens is 6. The van der Waals surface area contributed by atoms with Gasteiger partial charge in [0.15, 0.2) is 5.82 Å². The van der Waals surface area contributed by atoms with Crippen molar-refractivity contribution < 1.29 is 4.42 Å². The number of hydrogen-bond donors (Lipinski definition) is 0. The Hall–Kier alpha value is -3.22. The van der Waals surface area contributed by atoms with E-state index in [4.69, 9.17) is 4.42 Å². The summed E-state index contributed by atoms with van der Waals surface area (Å²) in [5.74, 6) is 3.16. The smallest absolute Gasteiger partial charge is 0.226 e. The van der Waals surface area contributed by atoms with Crippen molar-refractivity contribution in [3.8, 4) is 23.0 Å². The number of nitrogens with zero attached hydrogens (tertiary/aromatic N) is 6. The zero-order valence-corrected chi connectivity index (χ0v) is 14.8. The van der Waals surface area contributed by atoms with E-state index in [-0.39, 0.29) is 0 Å². The molecule has 0 unspecified atom stereocenters. The lowest BCUT2D eigenvalue weighted by molar-refractivity contribution is 0.516. The molecule has 0 radical (unpaired) electrons. The minimum absolute atomic E-state index is 0.601. The molecule has 0 amide bonds. The lowest BCUT2D eigenvalue weighted by Crippen LogP contribution is -2.07. The summed E-state index contributed by atoms with van der Waals surface area (Å²) in [5.41, 5.74) is 1.69. The third kappa shape index (κ3) is 3.28. The van der Waals surface area contributed by atoms with Crippen LogP contribution in [0.15, 0.2) is 53.4 Å². The predicted molar refractivity (Wildman–Crippen MR) is 97.3 cm³/mol. The molecule has 132 valence electrons. The van der Waals surface area contributed by atoms with Gasteiger partial charge in [-0.2, -0.15) is 5.10 Å². The van der Waals surface area contributed by atoms with E-state index in [1.54, 1.807) is 12.5 Å². The Morgan fingerprint density at radius 2 is 1.88 bits per heavy atom. The van der Waals surface area contributed by atoms with Crippen molar-refractivity contribution in [1.82, 2.24) is 29.3 Å². The van der Waals surface area contributed by atoms with Gasteiger partial charge in [0.25, 0.3) is 0 Å². The first-order chi connectivity index (χ1) is 12.7. The van der Waals surface area contributed by atoms with Gasteiger partial charge in [0.2, 0.25) is 5.89 Å². The Morgan fingerprint density at radius 1 is 1.04 bits per heavy atom. The zero-order valence-electron chi connectivity index (χ0n) is 14.8. The second-order valence-corrected chi connectivity index (χ2v) is 6.13. The molecule has 26 heavy (non-hydrogen) atoms. The largest absolute Gasteiger partial charge is 0.444 e. The molecule has 3 aromatic heterocycles. The molecular weight excluding hydrogens is 328 g/mol. The average Bonchev–Trinajstić information content (AvgIpc) is 3.36. The third-order valence-electron chi connectivity index (χ3n) is 4.20. The average molecular weight is 348 g/mol. The fraction of sp³-hybridized carbons (Fsp3) is 0.263. The lowest BCUT2D eigenvalue weighted by atomic mass is 10.2. The van der Waals surface area contributed by atoms with Crippen molar-refractivity contribution in [2.45, 2.75) is 33.4 Å². The molecule has 0 saturated heterocycles. The highest BCUT2D eigenvalue weighted by atomic mass is 16.3. The Morgan fingerprint density at radius 3 is 2.65 bits per heavy atom. The summed E-state index contributed by atoms with van der Waals surface area (Å²) >= 11 is 0. The van der Waals surface area contributed by atoms with Crippen molar-refractivity contribution in [3.05, 3.63) is 60.6 Å². The van der Waals surface area contributed by atoms with E-state index in [1.165, 1.54) is 0 Å². The molecule has 0 bridgehead atoms. The minimum Gasteiger partial charge on any atom is -0.444 e. The second-order valence-electron chi connectivity index (χ2n) is 6.13. The summed E-state index contributed by atoms with van der Waals surface area (Å²) in [5, 5.41) is 4.40. The van der Waals surface area contributed by atoms with E-state index in [0.717, 1.165) is 48.2 Å². The molecular formula is C19H20N6O. The quantitative estimate of drug-likeness (QED) is 0.533. The molecule has 1 aromatic carbocycles. The molecule has 0 saturated carbocycles. The maximum absolute atomic E-state index is 5.63. The van der Waals surface area contributed by atoms with Crippen molar-refractivity contribution in [1.29, 1.82) is 0 Å². The normalized spacial score (nSPS) is 11.2. The Bertz CT molecular complexity index is 998. The summed E-state index contributed by atoms with van der Waals surface area (Å²) in [6, 6.07) is 9.86. The van der Waals surface area contributed by atoms with Gasteiger partial charge in [-0.3, -0.25) is 4.68 Å². The fourth-order valence-electron chi connectivity index (χ4n) is 2.98. The molecule has 0 fully saturated rings. The van der Waals surface area contributed by atoms with E-state index in [9.17, 15) is 0 Å². The van der Waals surface area contributed by atoms with Gasteiger partial charge in [-0.1, -0.05) is 18.2 Å². The van der Waals surface area contributed by atoms with E-state index < -0.39 is 0 Å². The van der Waals surface area contributed by atoms with E-state index in [0.29, 0.717) is 5.89 Å². The molecule has 4 aromatic rings. The SMILES string of the molecule is Cc1nc(C)n(CCCn2ccnc2-c2coc(-c3ccccc3)n2)n1. The first kappa shape index (κ1) is 16.3. The fourth-order valence-corrected chi connectivity index (χ4v) is 2.98. The molecule has 0 aliphatic heterocycles. The molecule has 0 spiro atoms. The second kappa shape index (κ2) is 6.95. The van der Waals surface area contributed by atoms with Crippen LogP contribution in [-0.2, 0) is 13.1 Å². The minimum atomic E-state index is 0.601. The summed E-state index contributed by atoms with van der Waals surface area (Å²) in [6.07, 6.45) is 6.34. The number of benzene rings is 1. The first-order valence-electron chi connectivity index (χ1n) is 8.61. The Labute approximate surface area is 151 Å². The first-order valence-corrected chi connectivity index (χ1v) is 8.61. The number of rotatable bonds is 6. The third-order valence-corrected chi connectivity index (χ3v) is 4.20. The molecule has 4 rings (SSSR count). The van der Waals surface area contributed by atoms with Crippen molar-refractivity contribution in [2.75, 3.05) is 0 Å². The number of oxazole rings is 1. The Balaban J connectivity index is 1.47. The number of hydrogen-bond acceptors (Lipinski definition) is 5. The highest BCUT2D eigenvalue weighted by molar-refractivity contribution is 5.58. The molecule has 0 aliphatic carbocycles. The number of imidazole rings is 1. The monoisotopic (exact) mass is 348 g/mol. The zero-order chi connectivity index (χ0) is 17.9. The van der Waals surface area contributed by atoms with Gasteiger partial charge < -0.3 is 8.98 Å². The van der Waals surface area contributed by atoms with Crippen LogP contribution in [0.4, 0.5) is 0 Å². The molecule has 7 heteroatoms. The van der Waals surface area contributed by atoms with Crippen molar-refractivity contribution in [2.24, 2.45) is 0 Å². The van der Waals surface area contributed by atoms with Crippen LogP contribution in [0, 0.1) is 13.8 Å². The van der Waals surface area contributed by atoms with Crippen LogP contribution in [0.1, 0.15) is 18.1 Å².